The molecule has 0 bridgehead atoms. The van der Waals surface area contributed by atoms with Crippen LogP contribution in [0.1, 0.15) is 46.5 Å². The summed E-state index contributed by atoms with van der Waals surface area (Å²) >= 11 is 0. The Labute approximate surface area is 133 Å². The number of carboxylic acids is 1. The number of amides is 1. The molecule has 0 saturated heterocycles. The van der Waals surface area contributed by atoms with E-state index in [1.54, 1.807) is 32.9 Å². The lowest BCUT2D eigenvalue weighted by molar-refractivity contribution is -0.305. The highest BCUT2D eigenvalue weighted by Crippen LogP contribution is 2.17. The minimum atomic E-state index is -1.13. The van der Waals surface area contributed by atoms with Crippen LogP contribution in [0.15, 0.2) is 32.3 Å². The molecule has 1 amide bonds. The molecule has 2 aromatic heterocycles. The average molecular weight is 317 g/mol. The topological polar surface area (TPSA) is 108 Å². The van der Waals surface area contributed by atoms with Crippen molar-refractivity contribution in [3.8, 4) is 0 Å². The van der Waals surface area contributed by atoms with Crippen LogP contribution < -0.4 is 10.5 Å². The molecule has 7 nitrogen and oxygen atoms in total. The van der Waals surface area contributed by atoms with Crippen LogP contribution in [0.2, 0.25) is 0 Å². The summed E-state index contributed by atoms with van der Waals surface area (Å²) in [6.07, 6.45) is 1.57. The molecule has 0 atom stereocenters. The molecule has 0 spiro atoms. The molecular formula is C16H17N2O5-. The number of carbonyl (C=O) groups is 2. The van der Waals surface area contributed by atoms with Crippen molar-refractivity contribution in [2.45, 2.75) is 33.6 Å². The summed E-state index contributed by atoms with van der Waals surface area (Å²) in [4.78, 5) is 22.4. The first-order chi connectivity index (χ1) is 10.9. The molecule has 0 aromatic carbocycles. The second-order valence-electron chi connectivity index (χ2n) is 5.08. The first-order valence-corrected chi connectivity index (χ1v) is 7.06. The number of hydrogen-bond acceptors (Lipinski definition) is 6. The number of carboxylic acid groups (broad SMARTS) is 1. The number of furan rings is 2. The lowest BCUT2D eigenvalue weighted by Crippen LogP contribution is -2.22. The Bertz CT molecular complexity index is 754. The van der Waals surface area contributed by atoms with E-state index in [0.717, 1.165) is 0 Å². The molecule has 7 heteroatoms. The van der Waals surface area contributed by atoms with E-state index >= 15 is 0 Å². The molecule has 0 aliphatic heterocycles. The van der Waals surface area contributed by atoms with Gasteiger partial charge in [-0.05, 0) is 39.3 Å². The van der Waals surface area contributed by atoms with Gasteiger partial charge < -0.3 is 18.7 Å². The summed E-state index contributed by atoms with van der Waals surface area (Å²) in [6.45, 7) is 5.16. The molecule has 23 heavy (non-hydrogen) atoms. The second-order valence-corrected chi connectivity index (χ2v) is 5.08. The van der Waals surface area contributed by atoms with Gasteiger partial charge in [-0.2, -0.15) is 5.10 Å². The van der Waals surface area contributed by atoms with Gasteiger partial charge in [-0.25, -0.2) is 5.43 Å². The van der Waals surface area contributed by atoms with Crippen LogP contribution in [0.3, 0.4) is 0 Å². The standard InChI is InChI=1S/C16H18N2O5/c1-9(17-18-16(21)13-6-7-22-10(13)2)14-8-12(23-11(14)3)4-5-15(19)20/h6-8H,4-5H2,1-3H3,(H,18,21)(H,19,20)/p-1/b17-9-. The van der Waals surface area contributed by atoms with Gasteiger partial charge >= 0.3 is 0 Å². The zero-order valence-corrected chi connectivity index (χ0v) is 13.1. The SMILES string of the molecule is C/C(=N/NC(=O)c1ccoc1C)c1cc(CCC(=O)[O-])oc1C. The van der Waals surface area contributed by atoms with Gasteiger partial charge in [0.1, 0.15) is 17.3 Å². The average Bonchev–Trinajstić information content (AvgIpc) is 3.08. The van der Waals surface area contributed by atoms with Crippen LogP contribution >= 0.6 is 0 Å². The van der Waals surface area contributed by atoms with E-state index in [4.69, 9.17) is 8.83 Å². The number of carbonyl (C=O) groups excluding carboxylic acids is 2. The van der Waals surface area contributed by atoms with Crippen LogP contribution in [0.4, 0.5) is 0 Å². The molecule has 122 valence electrons. The number of aryl methyl sites for hydroxylation is 3. The quantitative estimate of drug-likeness (QED) is 0.638. The number of aliphatic carboxylic acids is 1. The Balaban J connectivity index is 2.07. The summed E-state index contributed by atoms with van der Waals surface area (Å²) in [5, 5.41) is 14.5. The van der Waals surface area contributed by atoms with Crippen molar-refractivity contribution in [3.05, 3.63) is 46.8 Å². The van der Waals surface area contributed by atoms with E-state index in [1.807, 2.05) is 0 Å². The molecule has 0 unspecified atom stereocenters. The van der Waals surface area contributed by atoms with Crippen molar-refractivity contribution in [1.29, 1.82) is 0 Å². The minimum absolute atomic E-state index is 0.112. The Morgan fingerprint density at radius 3 is 2.61 bits per heavy atom. The van der Waals surface area contributed by atoms with E-state index < -0.39 is 5.97 Å². The van der Waals surface area contributed by atoms with Crippen molar-refractivity contribution in [3.63, 3.8) is 0 Å². The second kappa shape index (κ2) is 6.95. The molecule has 2 aromatic rings. The Hall–Kier alpha value is -2.83. The Morgan fingerprint density at radius 1 is 1.26 bits per heavy atom. The largest absolute Gasteiger partial charge is 0.550 e. The van der Waals surface area contributed by atoms with Crippen LogP contribution in [-0.4, -0.2) is 17.6 Å². The first kappa shape index (κ1) is 16.5. The fourth-order valence-electron chi connectivity index (χ4n) is 2.13. The summed E-state index contributed by atoms with van der Waals surface area (Å²) < 4.78 is 10.6. The molecule has 0 aliphatic rings. The molecule has 0 radical (unpaired) electrons. The Kier molecular flexibility index (Phi) is 5.00. The minimum Gasteiger partial charge on any atom is -0.550 e. The number of rotatable bonds is 6. The van der Waals surface area contributed by atoms with E-state index in [9.17, 15) is 14.7 Å². The van der Waals surface area contributed by atoms with E-state index in [2.05, 4.69) is 10.5 Å². The van der Waals surface area contributed by atoms with Gasteiger partial charge in [-0.15, -0.1) is 0 Å². The molecule has 2 rings (SSSR count). The van der Waals surface area contributed by atoms with E-state index in [-0.39, 0.29) is 18.7 Å². The number of hydrazone groups is 1. The number of nitrogens with zero attached hydrogens (tertiary/aromatic N) is 1. The van der Waals surface area contributed by atoms with Gasteiger partial charge in [0.15, 0.2) is 0 Å². The maximum absolute atomic E-state index is 12.0. The first-order valence-electron chi connectivity index (χ1n) is 7.06. The van der Waals surface area contributed by atoms with E-state index in [0.29, 0.717) is 34.1 Å². The molecule has 1 N–H and O–H groups in total. The fourth-order valence-corrected chi connectivity index (χ4v) is 2.13. The molecular weight excluding hydrogens is 300 g/mol. The number of hydrogen-bond donors (Lipinski definition) is 1. The zero-order valence-electron chi connectivity index (χ0n) is 13.1. The number of nitrogens with one attached hydrogen (secondary N) is 1. The van der Waals surface area contributed by atoms with Crippen LogP contribution in [-0.2, 0) is 11.2 Å². The lowest BCUT2D eigenvalue weighted by Gasteiger charge is -2.01. The zero-order chi connectivity index (χ0) is 17.0. The third-order valence-corrected chi connectivity index (χ3v) is 3.36. The van der Waals surface area contributed by atoms with Crippen molar-refractivity contribution >= 4 is 17.6 Å². The van der Waals surface area contributed by atoms with Gasteiger partial charge in [0.05, 0.1) is 17.5 Å². The van der Waals surface area contributed by atoms with Gasteiger partial charge in [-0.1, -0.05) is 0 Å². The van der Waals surface area contributed by atoms with Gasteiger partial charge in [0.2, 0.25) is 0 Å². The highest BCUT2D eigenvalue weighted by atomic mass is 16.4. The van der Waals surface area contributed by atoms with Gasteiger partial charge in [0, 0.05) is 18.0 Å². The summed E-state index contributed by atoms with van der Waals surface area (Å²) in [5.41, 5.74) is 4.14. The highest BCUT2D eigenvalue weighted by Gasteiger charge is 2.13. The fraction of sp³-hybridized carbons (Fsp3) is 0.312. The van der Waals surface area contributed by atoms with Crippen LogP contribution in [0.25, 0.3) is 0 Å². The third-order valence-electron chi connectivity index (χ3n) is 3.36. The molecule has 0 fully saturated rings. The van der Waals surface area contributed by atoms with Crippen LogP contribution in [0.5, 0.6) is 0 Å². The van der Waals surface area contributed by atoms with Crippen molar-refractivity contribution in [1.82, 2.24) is 5.43 Å². The molecule has 0 aliphatic carbocycles. The maximum Gasteiger partial charge on any atom is 0.274 e. The van der Waals surface area contributed by atoms with Crippen molar-refractivity contribution < 1.29 is 23.5 Å². The summed E-state index contributed by atoms with van der Waals surface area (Å²) in [7, 11) is 0. The highest BCUT2D eigenvalue weighted by molar-refractivity contribution is 6.01. The lowest BCUT2D eigenvalue weighted by atomic mass is 10.1. The van der Waals surface area contributed by atoms with E-state index in [1.165, 1.54) is 6.26 Å². The van der Waals surface area contributed by atoms with Crippen molar-refractivity contribution in [2.24, 2.45) is 5.10 Å². The maximum atomic E-state index is 12.0. The summed E-state index contributed by atoms with van der Waals surface area (Å²) in [5.74, 6) is 0.156. The third kappa shape index (κ3) is 4.09. The smallest absolute Gasteiger partial charge is 0.274 e. The molecule has 2 heterocycles. The predicted molar refractivity (Wildman–Crippen MR) is 79.9 cm³/mol. The van der Waals surface area contributed by atoms with Crippen molar-refractivity contribution in [2.75, 3.05) is 0 Å². The Morgan fingerprint density at radius 2 is 2.00 bits per heavy atom. The monoisotopic (exact) mass is 317 g/mol. The molecule has 0 saturated carbocycles. The normalized spacial score (nSPS) is 11.5. The van der Waals surface area contributed by atoms with Gasteiger partial charge in [-0.3, -0.25) is 4.79 Å². The van der Waals surface area contributed by atoms with Gasteiger partial charge in [0.25, 0.3) is 5.91 Å². The summed E-state index contributed by atoms with van der Waals surface area (Å²) in [6, 6.07) is 3.28. The van der Waals surface area contributed by atoms with Crippen LogP contribution in [0, 0.1) is 13.8 Å². The predicted octanol–water partition coefficient (Wildman–Crippen LogP) is 1.33.